The highest BCUT2D eigenvalue weighted by atomic mass is 16.5. The lowest BCUT2D eigenvalue weighted by Gasteiger charge is -2.32. The van der Waals surface area contributed by atoms with Gasteiger partial charge in [0.15, 0.2) is 0 Å². The van der Waals surface area contributed by atoms with E-state index in [1.165, 1.54) is 0 Å². The molecule has 0 unspecified atom stereocenters. The second-order valence-corrected chi connectivity index (χ2v) is 4.20. The van der Waals surface area contributed by atoms with Crippen LogP contribution in [0.25, 0.3) is 11.4 Å². The van der Waals surface area contributed by atoms with Crippen molar-refractivity contribution >= 4 is 0 Å². The zero-order valence-electron chi connectivity index (χ0n) is 10.3. The van der Waals surface area contributed by atoms with Crippen LogP contribution in [0.2, 0.25) is 0 Å². The largest absolute Gasteiger partial charge is 0.374 e. The first-order valence-electron chi connectivity index (χ1n) is 5.82. The van der Waals surface area contributed by atoms with Gasteiger partial charge in [0.1, 0.15) is 12.2 Å². The SMILES string of the molecule is CO[C@H]1c2cccnc2-c2ncccc2[C@@H]1OC. The van der Waals surface area contributed by atoms with Crippen LogP contribution in [0.15, 0.2) is 36.7 Å². The Hall–Kier alpha value is -1.78. The topological polar surface area (TPSA) is 44.2 Å². The number of ether oxygens (including phenoxy) is 2. The molecule has 0 aromatic carbocycles. The molecular weight excluding hydrogens is 228 g/mol. The Morgan fingerprint density at radius 3 is 1.67 bits per heavy atom. The van der Waals surface area contributed by atoms with Crippen molar-refractivity contribution in [2.75, 3.05) is 14.2 Å². The van der Waals surface area contributed by atoms with Gasteiger partial charge in [-0.15, -0.1) is 0 Å². The minimum absolute atomic E-state index is 0.143. The monoisotopic (exact) mass is 242 g/mol. The molecule has 0 bridgehead atoms. The van der Waals surface area contributed by atoms with Crippen molar-refractivity contribution in [3.8, 4) is 11.4 Å². The van der Waals surface area contributed by atoms with Crippen molar-refractivity contribution < 1.29 is 9.47 Å². The third kappa shape index (κ3) is 1.54. The molecule has 2 aromatic rings. The molecule has 1 aliphatic rings. The number of nitrogens with zero attached hydrogens (tertiary/aromatic N) is 2. The molecule has 0 fully saturated rings. The fourth-order valence-corrected chi connectivity index (χ4v) is 2.52. The summed E-state index contributed by atoms with van der Waals surface area (Å²) in [4.78, 5) is 8.86. The summed E-state index contributed by atoms with van der Waals surface area (Å²) in [5, 5.41) is 0. The third-order valence-electron chi connectivity index (χ3n) is 3.30. The first-order valence-corrected chi connectivity index (χ1v) is 5.82. The number of methoxy groups -OCH3 is 2. The molecule has 0 N–H and O–H groups in total. The number of hydrogen-bond acceptors (Lipinski definition) is 4. The molecule has 92 valence electrons. The average Bonchev–Trinajstić information content (AvgIpc) is 2.45. The maximum atomic E-state index is 5.59. The second-order valence-electron chi connectivity index (χ2n) is 4.20. The van der Waals surface area contributed by atoms with Crippen molar-refractivity contribution in [3.05, 3.63) is 47.8 Å². The van der Waals surface area contributed by atoms with Crippen LogP contribution >= 0.6 is 0 Å². The number of pyridine rings is 2. The quantitative estimate of drug-likeness (QED) is 0.811. The van der Waals surface area contributed by atoms with E-state index in [0.717, 1.165) is 22.5 Å². The van der Waals surface area contributed by atoms with E-state index in [2.05, 4.69) is 9.97 Å². The van der Waals surface area contributed by atoms with E-state index in [0.29, 0.717) is 0 Å². The van der Waals surface area contributed by atoms with E-state index >= 15 is 0 Å². The summed E-state index contributed by atoms with van der Waals surface area (Å²) in [7, 11) is 3.38. The van der Waals surface area contributed by atoms with E-state index in [1.54, 1.807) is 26.6 Å². The molecule has 4 nitrogen and oxygen atoms in total. The standard InChI is InChI=1S/C14H14N2O2/c1-17-13-9-5-3-7-15-11(9)12-10(14(13)18-2)6-4-8-16-12/h3-8,13-14H,1-2H3/t13-,14-/m0/s1. The molecule has 18 heavy (non-hydrogen) atoms. The highest BCUT2D eigenvalue weighted by Gasteiger charge is 2.35. The summed E-state index contributed by atoms with van der Waals surface area (Å²) < 4.78 is 11.2. The third-order valence-corrected chi connectivity index (χ3v) is 3.30. The lowest BCUT2D eigenvalue weighted by molar-refractivity contribution is -0.0413. The zero-order chi connectivity index (χ0) is 12.5. The van der Waals surface area contributed by atoms with Gasteiger partial charge in [0, 0.05) is 37.7 Å². The molecule has 0 amide bonds. The van der Waals surface area contributed by atoms with Gasteiger partial charge in [-0.2, -0.15) is 0 Å². The number of fused-ring (bicyclic) bond motifs is 3. The lowest BCUT2D eigenvalue weighted by Crippen LogP contribution is -2.22. The number of aromatic nitrogens is 2. The zero-order valence-corrected chi connectivity index (χ0v) is 10.3. The van der Waals surface area contributed by atoms with Gasteiger partial charge in [-0.3, -0.25) is 9.97 Å². The van der Waals surface area contributed by atoms with E-state index in [4.69, 9.17) is 9.47 Å². The van der Waals surface area contributed by atoms with Crippen molar-refractivity contribution in [1.29, 1.82) is 0 Å². The highest BCUT2D eigenvalue weighted by Crippen LogP contribution is 2.45. The van der Waals surface area contributed by atoms with Crippen LogP contribution in [-0.2, 0) is 9.47 Å². The van der Waals surface area contributed by atoms with Gasteiger partial charge in [0.25, 0.3) is 0 Å². The van der Waals surface area contributed by atoms with Gasteiger partial charge in [-0.05, 0) is 12.1 Å². The Morgan fingerprint density at radius 2 is 1.28 bits per heavy atom. The summed E-state index contributed by atoms with van der Waals surface area (Å²) in [5.41, 5.74) is 3.82. The molecule has 0 radical (unpaired) electrons. The molecule has 1 aliphatic carbocycles. The number of hydrogen-bond donors (Lipinski definition) is 0. The summed E-state index contributed by atoms with van der Waals surface area (Å²) in [6.07, 6.45) is 3.26. The van der Waals surface area contributed by atoms with E-state index in [-0.39, 0.29) is 12.2 Å². The predicted octanol–water partition coefficient (Wildman–Crippen LogP) is 2.53. The van der Waals surface area contributed by atoms with Gasteiger partial charge < -0.3 is 9.47 Å². The van der Waals surface area contributed by atoms with Crippen LogP contribution in [0.5, 0.6) is 0 Å². The van der Waals surface area contributed by atoms with E-state index in [1.807, 2.05) is 24.3 Å². The van der Waals surface area contributed by atoms with E-state index < -0.39 is 0 Å². The molecule has 0 saturated heterocycles. The van der Waals surface area contributed by atoms with Crippen LogP contribution in [-0.4, -0.2) is 24.2 Å². The van der Waals surface area contributed by atoms with Crippen molar-refractivity contribution in [2.24, 2.45) is 0 Å². The summed E-state index contributed by atoms with van der Waals surface area (Å²) in [5.74, 6) is 0. The predicted molar refractivity (Wildman–Crippen MR) is 67.0 cm³/mol. The van der Waals surface area contributed by atoms with Crippen molar-refractivity contribution in [2.45, 2.75) is 12.2 Å². The van der Waals surface area contributed by atoms with Crippen LogP contribution in [0.1, 0.15) is 23.3 Å². The Labute approximate surface area is 106 Å². The first-order chi connectivity index (χ1) is 8.86. The maximum Gasteiger partial charge on any atom is 0.115 e. The van der Waals surface area contributed by atoms with Crippen molar-refractivity contribution in [3.63, 3.8) is 0 Å². The normalized spacial score (nSPS) is 21.2. The highest BCUT2D eigenvalue weighted by molar-refractivity contribution is 5.67. The Morgan fingerprint density at radius 1 is 0.833 bits per heavy atom. The molecule has 2 aromatic heterocycles. The summed E-state index contributed by atoms with van der Waals surface area (Å²) >= 11 is 0. The molecular formula is C14H14N2O2. The minimum Gasteiger partial charge on any atom is -0.374 e. The van der Waals surface area contributed by atoms with Gasteiger partial charge in [0.05, 0.1) is 11.4 Å². The molecule has 4 heteroatoms. The molecule has 0 saturated carbocycles. The summed E-state index contributed by atoms with van der Waals surface area (Å²) in [6, 6.07) is 7.84. The molecule has 3 rings (SSSR count). The average molecular weight is 242 g/mol. The van der Waals surface area contributed by atoms with Crippen LogP contribution in [0.4, 0.5) is 0 Å². The Kier molecular flexibility index (Phi) is 2.81. The van der Waals surface area contributed by atoms with Gasteiger partial charge in [0.2, 0.25) is 0 Å². The Bertz CT molecular complexity index is 520. The molecule has 0 aliphatic heterocycles. The molecule has 2 heterocycles. The lowest BCUT2D eigenvalue weighted by atomic mass is 9.88. The van der Waals surface area contributed by atoms with Gasteiger partial charge in [-0.25, -0.2) is 0 Å². The minimum atomic E-state index is -0.143. The molecule has 0 spiro atoms. The van der Waals surface area contributed by atoms with Crippen LogP contribution < -0.4 is 0 Å². The fourth-order valence-electron chi connectivity index (χ4n) is 2.52. The number of rotatable bonds is 2. The van der Waals surface area contributed by atoms with Gasteiger partial charge in [-0.1, -0.05) is 12.1 Å². The summed E-state index contributed by atoms with van der Waals surface area (Å²) in [6.45, 7) is 0. The Balaban J connectivity index is 2.27. The van der Waals surface area contributed by atoms with E-state index in [9.17, 15) is 0 Å². The van der Waals surface area contributed by atoms with Gasteiger partial charge >= 0.3 is 0 Å². The van der Waals surface area contributed by atoms with Crippen LogP contribution in [0, 0.1) is 0 Å². The van der Waals surface area contributed by atoms with Crippen LogP contribution in [0.3, 0.4) is 0 Å². The second kappa shape index (κ2) is 4.48. The smallest absolute Gasteiger partial charge is 0.115 e. The molecule has 2 atom stereocenters. The van der Waals surface area contributed by atoms with Crippen molar-refractivity contribution in [1.82, 2.24) is 9.97 Å². The first kappa shape index (κ1) is 11.3. The fraction of sp³-hybridized carbons (Fsp3) is 0.286. The maximum absolute atomic E-state index is 5.59.